The van der Waals surface area contributed by atoms with Gasteiger partial charge < -0.3 is 10.1 Å². The first-order valence-electron chi connectivity index (χ1n) is 5.97. The summed E-state index contributed by atoms with van der Waals surface area (Å²) in [4.78, 5) is 11.5. The fraction of sp³-hybridized carbons (Fsp3) is 0.667. The van der Waals surface area contributed by atoms with E-state index in [1.165, 1.54) is 17.7 Å². The second kappa shape index (κ2) is 4.39. The summed E-state index contributed by atoms with van der Waals surface area (Å²) in [7, 11) is 0. The van der Waals surface area contributed by atoms with E-state index in [-0.39, 0.29) is 0 Å². The number of aromatic nitrogens is 2. The van der Waals surface area contributed by atoms with E-state index in [0.717, 1.165) is 18.5 Å². The minimum Gasteiger partial charge on any atom is -0.444 e. The van der Waals surface area contributed by atoms with Gasteiger partial charge in [-0.3, -0.25) is 5.10 Å². The number of carbonyl (C=O) groups excluding carboxylic acids is 1. The Labute approximate surface area is 101 Å². The standard InChI is InChI=1S/C12H19N3O2/c1-12(2,3)17-11(16)13-7-10-8-5-4-6-9(8)14-15-10/h4-7H2,1-3H3,(H,13,16)(H,14,15). The average molecular weight is 237 g/mol. The number of hydrogen-bond acceptors (Lipinski definition) is 3. The van der Waals surface area contributed by atoms with Crippen molar-refractivity contribution in [2.45, 2.75) is 52.2 Å². The fourth-order valence-corrected chi connectivity index (χ4v) is 2.00. The first-order chi connectivity index (χ1) is 7.96. The Hall–Kier alpha value is -1.52. The highest BCUT2D eigenvalue weighted by Crippen LogP contribution is 2.22. The molecule has 2 rings (SSSR count). The summed E-state index contributed by atoms with van der Waals surface area (Å²) in [6, 6.07) is 0. The largest absolute Gasteiger partial charge is 0.444 e. The maximum Gasteiger partial charge on any atom is 0.407 e. The summed E-state index contributed by atoms with van der Waals surface area (Å²) in [5.74, 6) is 0. The Kier molecular flexibility index (Phi) is 3.09. The molecule has 0 unspecified atom stereocenters. The number of alkyl carbamates (subject to hydrolysis) is 1. The lowest BCUT2D eigenvalue weighted by Gasteiger charge is -2.19. The maximum absolute atomic E-state index is 11.5. The monoisotopic (exact) mass is 237 g/mol. The van der Waals surface area contributed by atoms with Gasteiger partial charge in [-0.05, 0) is 45.6 Å². The number of rotatable bonds is 2. The molecule has 1 aliphatic rings. The molecule has 2 N–H and O–H groups in total. The quantitative estimate of drug-likeness (QED) is 0.825. The van der Waals surface area contributed by atoms with Crippen molar-refractivity contribution < 1.29 is 9.53 Å². The Morgan fingerprint density at radius 3 is 2.94 bits per heavy atom. The van der Waals surface area contributed by atoms with Gasteiger partial charge in [0, 0.05) is 5.69 Å². The van der Waals surface area contributed by atoms with Crippen molar-refractivity contribution in [2.75, 3.05) is 0 Å². The summed E-state index contributed by atoms with van der Waals surface area (Å²) in [6.45, 7) is 5.97. The third-order valence-electron chi connectivity index (χ3n) is 2.69. The lowest BCUT2D eigenvalue weighted by molar-refractivity contribution is 0.0523. The van der Waals surface area contributed by atoms with Gasteiger partial charge in [0.05, 0.1) is 12.2 Å². The van der Waals surface area contributed by atoms with Crippen molar-refractivity contribution in [3.8, 4) is 0 Å². The van der Waals surface area contributed by atoms with Crippen LogP contribution in [0.15, 0.2) is 0 Å². The van der Waals surface area contributed by atoms with Crippen molar-refractivity contribution in [3.05, 3.63) is 17.0 Å². The van der Waals surface area contributed by atoms with Crippen LogP contribution in [-0.4, -0.2) is 21.9 Å². The van der Waals surface area contributed by atoms with Crippen LogP contribution in [0.1, 0.15) is 44.1 Å². The highest BCUT2D eigenvalue weighted by Gasteiger charge is 2.20. The summed E-state index contributed by atoms with van der Waals surface area (Å²) in [5, 5.41) is 9.95. The molecule has 0 spiro atoms. The van der Waals surface area contributed by atoms with E-state index in [4.69, 9.17) is 4.74 Å². The number of fused-ring (bicyclic) bond motifs is 1. The Morgan fingerprint density at radius 2 is 2.24 bits per heavy atom. The molecule has 1 heterocycles. The van der Waals surface area contributed by atoms with Crippen molar-refractivity contribution in [3.63, 3.8) is 0 Å². The highest BCUT2D eigenvalue weighted by molar-refractivity contribution is 5.67. The Bertz CT molecular complexity index is 418. The molecule has 0 saturated carbocycles. The normalized spacial score (nSPS) is 14.5. The number of nitrogens with zero attached hydrogens (tertiary/aromatic N) is 1. The predicted octanol–water partition coefficient (Wildman–Crippen LogP) is 1.92. The topological polar surface area (TPSA) is 67.0 Å². The van der Waals surface area contributed by atoms with Gasteiger partial charge in [0.1, 0.15) is 5.60 Å². The maximum atomic E-state index is 11.5. The van der Waals surface area contributed by atoms with Crippen LogP contribution in [0.2, 0.25) is 0 Å². The molecule has 0 aliphatic heterocycles. The van der Waals surface area contributed by atoms with Gasteiger partial charge in [-0.2, -0.15) is 5.10 Å². The average Bonchev–Trinajstić information content (AvgIpc) is 2.73. The van der Waals surface area contributed by atoms with E-state index in [9.17, 15) is 4.79 Å². The van der Waals surface area contributed by atoms with E-state index in [2.05, 4.69) is 15.5 Å². The molecule has 0 aromatic carbocycles. The van der Waals surface area contributed by atoms with Crippen LogP contribution in [0, 0.1) is 0 Å². The third-order valence-corrected chi connectivity index (χ3v) is 2.69. The summed E-state index contributed by atoms with van der Waals surface area (Å²) in [6.07, 6.45) is 2.89. The Morgan fingerprint density at radius 1 is 1.47 bits per heavy atom. The van der Waals surface area contributed by atoms with E-state index >= 15 is 0 Å². The number of amides is 1. The van der Waals surface area contributed by atoms with Gasteiger partial charge >= 0.3 is 6.09 Å². The van der Waals surface area contributed by atoms with Crippen LogP contribution < -0.4 is 5.32 Å². The number of nitrogens with one attached hydrogen (secondary N) is 2. The molecule has 1 aliphatic carbocycles. The number of aromatic amines is 1. The number of carbonyl (C=O) groups is 1. The van der Waals surface area contributed by atoms with Crippen molar-refractivity contribution >= 4 is 6.09 Å². The number of hydrogen-bond donors (Lipinski definition) is 2. The van der Waals surface area contributed by atoms with Crippen LogP contribution in [0.25, 0.3) is 0 Å². The lowest BCUT2D eigenvalue weighted by Crippen LogP contribution is -2.32. The first-order valence-corrected chi connectivity index (χ1v) is 5.97. The van der Waals surface area contributed by atoms with Crippen molar-refractivity contribution in [1.82, 2.24) is 15.5 Å². The first kappa shape index (κ1) is 12.0. The second-order valence-corrected chi connectivity index (χ2v) is 5.34. The van der Waals surface area contributed by atoms with Gasteiger partial charge in [-0.25, -0.2) is 4.79 Å². The van der Waals surface area contributed by atoms with E-state index < -0.39 is 11.7 Å². The molecule has 0 bridgehead atoms. The molecule has 0 atom stereocenters. The summed E-state index contributed by atoms with van der Waals surface area (Å²) in [5.41, 5.74) is 2.95. The zero-order valence-corrected chi connectivity index (χ0v) is 10.6. The van der Waals surface area contributed by atoms with E-state index in [1.807, 2.05) is 20.8 Å². The van der Waals surface area contributed by atoms with Gasteiger partial charge in [0.2, 0.25) is 0 Å². The van der Waals surface area contributed by atoms with Gasteiger partial charge in [0.25, 0.3) is 0 Å². The fourth-order valence-electron chi connectivity index (χ4n) is 2.00. The Balaban J connectivity index is 1.88. The minimum absolute atomic E-state index is 0.396. The molecule has 1 amide bonds. The minimum atomic E-state index is -0.461. The molecular formula is C12H19N3O2. The van der Waals surface area contributed by atoms with Crippen LogP contribution in [0.4, 0.5) is 4.79 Å². The molecule has 0 saturated heterocycles. The highest BCUT2D eigenvalue weighted by atomic mass is 16.6. The lowest BCUT2D eigenvalue weighted by atomic mass is 10.2. The molecule has 94 valence electrons. The number of aryl methyl sites for hydroxylation is 1. The molecule has 17 heavy (non-hydrogen) atoms. The SMILES string of the molecule is CC(C)(C)OC(=O)NCc1n[nH]c2c1CCC2. The summed E-state index contributed by atoms with van der Waals surface area (Å²) >= 11 is 0. The smallest absolute Gasteiger partial charge is 0.407 e. The molecule has 0 fully saturated rings. The molecule has 5 nitrogen and oxygen atoms in total. The third kappa shape index (κ3) is 2.99. The van der Waals surface area contributed by atoms with Crippen molar-refractivity contribution in [2.24, 2.45) is 0 Å². The molecule has 1 aromatic rings. The van der Waals surface area contributed by atoms with Gasteiger partial charge in [-0.15, -0.1) is 0 Å². The van der Waals surface area contributed by atoms with E-state index in [1.54, 1.807) is 0 Å². The van der Waals surface area contributed by atoms with Gasteiger partial charge in [0.15, 0.2) is 0 Å². The second-order valence-electron chi connectivity index (χ2n) is 5.34. The van der Waals surface area contributed by atoms with Crippen LogP contribution >= 0.6 is 0 Å². The van der Waals surface area contributed by atoms with Crippen LogP contribution in [0.5, 0.6) is 0 Å². The van der Waals surface area contributed by atoms with Crippen LogP contribution in [0.3, 0.4) is 0 Å². The number of H-pyrrole nitrogens is 1. The van der Waals surface area contributed by atoms with E-state index in [0.29, 0.717) is 6.54 Å². The molecule has 1 aromatic heterocycles. The zero-order chi connectivity index (χ0) is 12.5. The zero-order valence-electron chi connectivity index (χ0n) is 10.6. The molecular weight excluding hydrogens is 218 g/mol. The predicted molar refractivity (Wildman–Crippen MR) is 63.7 cm³/mol. The van der Waals surface area contributed by atoms with Crippen LogP contribution in [-0.2, 0) is 24.1 Å². The van der Waals surface area contributed by atoms with Gasteiger partial charge in [-0.1, -0.05) is 0 Å². The molecule has 5 heteroatoms. The molecule has 0 radical (unpaired) electrons. The number of ether oxygens (including phenoxy) is 1. The van der Waals surface area contributed by atoms with Crippen molar-refractivity contribution in [1.29, 1.82) is 0 Å². The summed E-state index contributed by atoms with van der Waals surface area (Å²) < 4.78 is 5.17.